The molecule has 2 amide bonds. The van der Waals surface area contributed by atoms with Crippen molar-refractivity contribution in [2.45, 2.75) is 19.9 Å². The number of nitrogens with one attached hydrogen (secondary N) is 1. The number of nitrogens with zero attached hydrogens (tertiary/aromatic N) is 1. The lowest BCUT2D eigenvalue weighted by Gasteiger charge is -2.25. The zero-order chi connectivity index (χ0) is 16.0. The van der Waals surface area contributed by atoms with Gasteiger partial charge in [-0.15, -0.1) is 0 Å². The lowest BCUT2D eigenvalue weighted by Crippen LogP contribution is -2.43. The van der Waals surface area contributed by atoms with Crippen molar-refractivity contribution in [1.82, 2.24) is 4.90 Å². The van der Waals surface area contributed by atoms with E-state index in [2.05, 4.69) is 5.32 Å². The number of anilines is 1. The van der Waals surface area contributed by atoms with E-state index in [1.165, 1.54) is 19.1 Å². The topological polar surface area (TPSA) is 88.1 Å². The molecule has 0 heterocycles. The summed E-state index contributed by atoms with van der Waals surface area (Å²) in [6.07, 6.45) is 0. The number of rotatable bonds is 6. The fourth-order valence-electron chi connectivity index (χ4n) is 1.74. The summed E-state index contributed by atoms with van der Waals surface area (Å²) in [5, 5.41) is 11.5. The second-order valence-electron chi connectivity index (χ2n) is 4.62. The third kappa shape index (κ3) is 4.55. The molecule has 0 unspecified atom stereocenters. The van der Waals surface area contributed by atoms with Crippen molar-refractivity contribution in [3.63, 3.8) is 0 Å². The Kier molecular flexibility index (Phi) is 5.83. The van der Waals surface area contributed by atoms with E-state index in [-0.39, 0.29) is 12.6 Å². The molecular formula is C14H20N2O5. The zero-order valence-corrected chi connectivity index (χ0v) is 12.5. The summed E-state index contributed by atoms with van der Waals surface area (Å²) in [6, 6.07) is 4.20. The molecule has 0 atom stereocenters. The maximum absolute atomic E-state index is 12.1. The van der Waals surface area contributed by atoms with Crippen LogP contribution < -0.4 is 14.8 Å². The highest BCUT2D eigenvalue weighted by molar-refractivity contribution is 5.91. The summed E-state index contributed by atoms with van der Waals surface area (Å²) in [4.78, 5) is 24.1. The number of amides is 2. The molecule has 0 saturated carbocycles. The van der Waals surface area contributed by atoms with E-state index < -0.39 is 12.0 Å². The van der Waals surface area contributed by atoms with Crippen LogP contribution >= 0.6 is 0 Å². The molecule has 1 rings (SSSR count). The van der Waals surface area contributed by atoms with Gasteiger partial charge in [-0.05, 0) is 26.0 Å². The number of carbonyl (C=O) groups excluding carboxylic acids is 1. The summed E-state index contributed by atoms with van der Waals surface area (Å²) in [6.45, 7) is 3.13. The van der Waals surface area contributed by atoms with Crippen molar-refractivity contribution in [3.8, 4) is 11.5 Å². The molecule has 0 aliphatic rings. The molecule has 0 saturated heterocycles. The Morgan fingerprint density at radius 2 is 1.86 bits per heavy atom. The Morgan fingerprint density at radius 3 is 2.33 bits per heavy atom. The summed E-state index contributed by atoms with van der Waals surface area (Å²) in [7, 11) is 3.01. The van der Waals surface area contributed by atoms with Gasteiger partial charge in [-0.2, -0.15) is 0 Å². The number of carboxylic acid groups (broad SMARTS) is 1. The molecule has 0 aliphatic heterocycles. The zero-order valence-electron chi connectivity index (χ0n) is 12.5. The van der Waals surface area contributed by atoms with Crippen LogP contribution in [-0.4, -0.2) is 48.8 Å². The van der Waals surface area contributed by atoms with Crippen molar-refractivity contribution < 1.29 is 24.2 Å². The van der Waals surface area contributed by atoms with Gasteiger partial charge in [0, 0.05) is 17.8 Å². The highest BCUT2D eigenvalue weighted by atomic mass is 16.5. The molecule has 7 nitrogen and oxygen atoms in total. The summed E-state index contributed by atoms with van der Waals surface area (Å²) >= 11 is 0. The van der Waals surface area contributed by atoms with Gasteiger partial charge in [-0.1, -0.05) is 0 Å². The molecule has 7 heteroatoms. The van der Waals surface area contributed by atoms with Crippen molar-refractivity contribution in [2.24, 2.45) is 0 Å². The first-order valence-corrected chi connectivity index (χ1v) is 6.40. The molecule has 0 fully saturated rings. The van der Waals surface area contributed by atoms with Crippen molar-refractivity contribution >= 4 is 17.7 Å². The summed E-state index contributed by atoms with van der Waals surface area (Å²) in [5.74, 6) is -0.0439. The number of ether oxygens (including phenoxy) is 2. The number of aliphatic carboxylic acids is 1. The van der Waals surface area contributed by atoms with Gasteiger partial charge in [-0.3, -0.25) is 4.79 Å². The van der Waals surface area contributed by atoms with Crippen LogP contribution in [0.4, 0.5) is 10.5 Å². The number of carbonyl (C=O) groups is 2. The third-order valence-corrected chi connectivity index (χ3v) is 2.82. The van der Waals surface area contributed by atoms with Crippen LogP contribution in [0.3, 0.4) is 0 Å². The fourth-order valence-corrected chi connectivity index (χ4v) is 1.74. The van der Waals surface area contributed by atoms with Crippen LogP contribution in [0.2, 0.25) is 0 Å². The Hall–Kier alpha value is -2.44. The average Bonchev–Trinajstić information content (AvgIpc) is 2.43. The van der Waals surface area contributed by atoms with Gasteiger partial charge in [-0.25, -0.2) is 4.79 Å². The van der Waals surface area contributed by atoms with E-state index in [0.717, 1.165) is 0 Å². The quantitative estimate of drug-likeness (QED) is 0.838. The molecule has 0 bridgehead atoms. The molecular weight excluding hydrogens is 276 g/mol. The minimum atomic E-state index is -1.06. The first-order chi connectivity index (χ1) is 9.88. The Bertz CT molecular complexity index is 516. The minimum Gasteiger partial charge on any atom is -0.493 e. The third-order valence-electron chi connectivity index (χ3n) is 2.82. The van der Waals surface area contributed by atoms with E-state index in [0.29, 0.717) is 17.2 Å². The lowest BCUT2D eigenvalue weighted by molar-refractivity contribution is -0.137. The van der Waals surface area contributed by atoms with Gasteiger partial charge < -0.3 is 24.8 Å². The highest BCUT2D eigenvalue weighted by Gasteiger charge is 2.20. The Balaban J connectivity index is 2.88. The fraction of sp³-hybridized carbons (Fsp3) is 0.429. The molecule has 1 aromatic carbocycles. The monoisotopic (exact) mass is 296 g/mol. The smallest absolute Gasteiger partial charge is 0.323 e. The van der Waals surface area contributed by atoms with Crippen LogP contribution in [0.5, 0.6) is 11.5 Å². The van der Waals surface area contributed by atoms with E-state index in [4.69, 9.17) is 14.6 Å². The van der Waals surface area contributed by atoms with Crippen molar-refractivity contribution in [2.75, 3.05) is 26.1 Å². The molecule has 0 radical (unpaired) electrons. The standard InChI is InChI=1S/C14H20N2O5/c1-9(2)16(8-13(17)18)14(19)15-10-5-6-11(20-3)12(7-10)21-4/h5-7,9H,8H2,1-4H3,(H,15,19)(H,17,18). The van der Waals surface area contributed by atoms with Crippen molar-refractivity contribution in [1.29, 1.82) is 0 Å². The van der Waals surface area contributed by atoms with Crippen LogP contribution in [0.15, 0.2) is 18.2 Å². The number of urea groups is 1. The predicted octanol–water partition coefficient (Wildman–Crippen LogP) is 2.03. The highest BCUT2D eigenvalue weighted by Crippen LogP contribution is 2.29. The van der Waals surface area contributed by atoms with E-state index >= 15 is 0 Å². The number of hydrogen-bond acceptors (Lipinski definition) is 4. The van der Waals surface area contributed by atoms with E-state index in [1.54, 1.807) is 32.0 Å². The summed E-state index contributed by atoms with van der Waals surface area (Å²) in [5.41, 5.74) is 0.494. The molecule has 0 aromatic heterocycles. The predicted molar refractivity (Wildman–Crippen MR) is 78.0 cm³/mol. The van der Waals surface area contributed by atoms with Gasteiger partial charge in [0.2, 0.25) is 0 Å². The van der Waals surface area contributed by atoms with Crippen LogP contribution in [0, 0.1) is 0 Å². The normalized spacial score (nSPS) is 10.1. The van der Waals surface area contributed by atoms with Crippen molar-refractivity contribution in [3.05, 3.63) is 18.2 Å². The van der Waals surface area contributed by atoms with Gasteiger partial charge in [0.15, 0.2) is 11.5 Å². The molecule has 1 aromatic rings. The second kappa shape index (κ2) is 7.37. The maximum atomic E-state index is 12.1. The SMILES string of the molecule is COc1ccc(NC(=O)N(CC(=O)O)C(C)C)cc1OC. The van der Waals surface area contributed by atoms with Gasteiger partial charge in [0.1, 0.15) is 6.54 Å². The molecule has 21 heavy (non-hydrogen) atoms. The van der Waals surface area contributed by atoms with Gasteiger partial charge >= 0.3 is 12.0 Å². The number of methoxy groups -OCH3 is 2. The average molecular weight is 296 g/mol. The minimum absolute atomic E-state index is 0.235. The number of hydrogen-bond donors (Lipinski definition) is 2. The van der Waals surface area contributed by atoms with Crippen LogP contribution in [-0.2, 0) is 4.79 Å². The van der Waals surface area contributed by atoms with Gasteiger partial charge in [0.25, 0.3) is 0 Å². The lowest BCUT2D eigenvalue weighted by atomic mass is 10.2. The van der Waals surface area contributed by atoms with E-state index in [1.807, 2.05) is 0 Å². The van der Waals surface area contributed by atoms with Crippen LogP contribution in [0.25, 0.3) is 0 Å². The summed E-state index contributed by atoms with van der Waals surface area (Å²) < 4.78 is 10.3. The van der Waals surface area contributed by atoms with Gasteiger partial charge in [0.05, 0.1) is 14.2 Å². The largest absolute Gasteiger partial charge is 0.493 e. The van der Waals surface area contributed by atoms with E-state index in [9.17, 15) is 9.59 Å². The second-order valence-corrected chi connectivity index (χ2v) is 4.62. The first-order valence-electron chi connectivity index (χ1n) is 6.40. The Labute approximate surface area is 123 Å². The molecule has 0 aliphatic carbocycles. The molecule has 116 valence electrons. The molecule has 0 spiro atoms. The number of benzene rings is 1. The molecule has 2 N–H and O–H groups in total. The van der Waals surface area contributed by atoms with Crippen LogP contribution in [0.1, 0.15) is 13.8 Å². The number of carboxylic acids is 1. The Morgan fingerprint density at radius 1 is 1.24 bits per heavy atom. The maximum Gasteiger partial charge on any atom is 0.323 e. The first kappa shape index (κ1) is 16.6.